The number of nitriles is 1. The van der Waals surface area contributed by atoms with Crippen molar-refractivity contribution in [2.45, 2.75) is 32.1 Å². The van der Waals surface area contributed by atoms with Crippen LogP contribution in [0.4, 0.5) is 0 Å². The average molecular weight is 310 g/mol. The minimum absolute atomic E-state index is 0.0627. The van der Waals surface area contributed by atoms with Gasteiger partial charge in [-0.2, -0.15) is 9.57 Å². The van der Waals surface area contributed by atoms with Gasteiger partial charge in [0.2, 0.25) is 10.0 Å². The average Bonchev–Trinajstić information content (AvgIpc) is 2.47. The number of benzene rings is 1. The first-order chi connectivity index (χ1) is 9.94. The van der Waals surface area contributed by atoms with Crippen molar-refractivity contribution < 1.29 is 13.2 Å². The Labute approximate surface area is 127 Å². The van der Waals surface area contributed by atoms with Crippen molar-refractivity contribution in [1.82, 2.24) is 4.31 Å². The van der Waals surface area contributed by atoms with E-state index in [1.807, 2.05) is 19.9 Å². The van der Waals surface area contributed by atoms with Gasteiger partial charge in [0.05, 0.1) is 24.0 Å². The molecule has 0 saturated carbocycles. The van der Waals surface area contributed by atoms with Crippen molar-refractivity contribution in [2.75, 3.05) is 20.3 Å². The Bertz CT molecular complexity index is 576. The molecule has 0 radical (unpaired) electrons. The van der Waals surface area contributed by atoms with Crippen molar-refractivity contribution in [3.05, 3.63) is 35.4 Å². The first-order valence-electron chi connectivity index (χ1n) is 6.92. The van der Waals surface area contributed by atoms with Crippen molar-refractivity contribution in [2.24, 2.45) is 0 Å². The number of nitrogens with zero attached hydrogens (tertiary/aromatic N) is 2. The Kier molecular flexibility index (Phi) is 6.82. The maximum absolute atomic E-state index is 12.6. The molecule has 0 heterocycles. The van der Waals surface area contributed by atoms with Crippen LogP contribution in [0.5, 0.6) is 0 Å². The van der Waals surface area contributed by atoms with Crippen molar-refractivity contribution in [1.29, 1.82) is 5.26 Å². The molecule has 1 rings (SSSR count). The second-order valence-electron chi connectivity index (χ2n) is 4.93. The predicted molar refractivity (Wildman–Crippen MR) is 82.1 cm³/mol. The monoisotopic (exact) mass is 310 g/mol. The lowest BCUT2D eigenvalue weighted by molar-refractivity contribution is 0.167. The van der Waals surface area contributed by atoms with Gasteiger partial charge in [-0.25, -0.2) is 8.42 Å². The lowest BCUT2D eigenvalue weighted by atomic mass is 10.2. The Morgan fingerprint density at radius 2 is 1.95 bits per heavy atom. The molecular formula is C15H22N2O3S. The third-order valence-electron chi connectivity index (χ3n) is 3.39. The zero-order valence-electron chi connectivity index (χ0n) is 12.7. The summed E-state index contributed by atoms with van der Waals surface area (Å²) in [5.41, 5.74) is 1.20. The predicted octanol–water partition coefficient (Wildman–Crippen LogP) is 2.13. The molecule has 0 aliphatic heterocycles. The molecule has 0 N–H and O–H groups in total. The van der Waals surface area contributed by atoms with Gasteiger partial charge in [0.1, 0.15) is 0 Å². The van der Waals surface area contributed by atoms with E-state index in [0.717, 1.165) is 6.42 Å². The number of hydrogen-bond acceptors (Lipinski definition) is 4. The van der Waals surface area contributed by atoms with E-state index in [2.05, 4.69) is 0 Å². The highest BCUT2D eigenvalue weighted by Gasteiger charge is 2.26. The summed E-state index contributed by atoms with van der Waals surface area (Å²) in [7, 11) is -1.85. The summed E-state index contributed by atoms with van der Waals surface area (Å²) in [6.45, 7) is 4.58. The molecule has 0 spiro atoms. The fourth-order valence-electron chi connectivity index (χ4n) is 1.99. The van der Waals surface area contributed by atoms with E-state index in [1.165, 1.54) is 4.31 Å². The van der Waals surface area contributed by atoms with Gasteiger partial charge in [0.25, 0.3) is 0 Å². The number of rotatable bonds is 8. The molecule has 0 aliphatic carbocycles. The molecule has 1 aromatic carbocycles. The Balaban J connectivity index is 2.91. The van der Waals surface area contributed by atoms with Crippen LogP contribution in [0.2, 0.25) is 0 Å². The third-order valence-corrected chi connectivity index (χ3v) is 5.34. The van der Waals surface area contributed by atoms with Crippen LogP contribution in [-0.2, 0) is 20.5 Å². The molecule has 0 bridgehead atoms. The molecule has 1 atom stereocenters. The maximum atomic E-state index is 12.6. The van der Waals surface area contributed by atoms with Gasteiger partial charge >= 0.3 is 0 Å². The van der Waals surface area contributed by atoms with Crippen LogP contribution in [0.1, 0.15) is 31.4 Å². The lowest BCUT2D eigenvalue weighted by Gasteiger charge is -2.27. The van der Waals surface area contributed by atoms with Crippen LogP contribution >= 0.6 is 0 Å². The van der Waals surface area contributed by atoms with Gasteiger partial charge in [-0.3, -0.25) is 0 Å². The van der Waals surface area contributed by atoms with Crippen LogP contribution in [0.15, 0.2) is 24.3 Å². The number of methoxy groups -OCH3 is 1. The van der Waals surface area contributed by atoms with Crippen LogP contribution in [0.3, 0.4) is 0 Å². The van der Waals surface area contributed by atoms with Gasteiger partial charge < -0.3 is 4.74 Å². The topological polar surface area (TPSA) is 70.4 Å². The van der Waals surface area contributed by atoms with E-state index >= 15 is 0 Å². The molecule has 0 saturated heterocycles. The molecule has 116 valence electrons. The van der Waals surface area contributed by atoms with Crippen LogP contribution in [-0.4, -0.2) is 39.0 Å². The van der Waals surface area contributed by atoms with E-state index in [1.54, 1.807) is 31.4 Å². The minimum Gasteiger partial charge on any atom is -0.383 e. The van der Waals surface area contributed by atoms with E-state index in [4.69, 9.17) is 10.00 Å². The standard InChI is InChI=1S/C15H22N2O3S/c1-4-13(2)17(9-10-20-3)21(18,19)12-15-7-5-14(11-16)6-8-15/h5-8,13H,4,9-10,12H2,1-3H3. The van der Waals surface area contributed by atoms with Crippen LogP contribution in [0.25, 0.3) is 0 Å². The van der Waals surface area contributed by atoms with Crippen molar-refractivity contribution >= 4 is 10.0 Å². The molecular weight excluding hydrogens is 288 g/mol. The largest absolute Gasteiger partial charge is 0.383 e. The smallest absolute Gasteiger partial charge is 0.218 e. The highest BCUT2D eigenvalue weighted by atomic mass is 32.2. The molecule has 1 unspecified atom stereocenters. The van der Waals surface area contributed by atoms with Gasteiger partial charge in [-0.05, 0) is 31.0 Å². The van der Waals surface area contributed by atoms with Gasteiger partial charge in [0, 0.05) is 19.7 Å². The third kappa shape index (κ3) is 5.12. The molecule has 21 heavy (non-hydrogen) atoms. The summed E-state index contributed by atoms with van der Waals surface area (Å²) in [5, 5.41) is 8.76. The van der Waals surface area contributed by atoms with Gasteiger partial charge in [0.15, 0.2) is 0 Å². The second kappa shape index (κ2) is 8.13. The van der Waals surface area contributed by atoms with Gasteiger partial charge in [-0.15, -0.1) is 0 Å². The highest BCUT2D eigenvalue weighted by Crippen LogP contribution is 2.16. The first kappa shape index (κ1) is 17.6. The van der Waals surface area contributed by atoms with E-state index in [-0.39, 0.29) is 11.8 Å². The molecule has 0 amide bonds. The highest BCUT2D eigenvalue weighted by molar-refractivity contribution is 7.88. The SMILES string of the molecule is CCC(C)N(CCOC)S(=O)(=O)Cc1ccc(C#N)cc1. The number of sulfonamides is 1. The summed E-state index contributed by atoms with van der Waals surface area (Å²) in [5.74, 6) is -0.0627. The zero-order chi connectivity index (χ0) is 15.9. The fourth-order valence-corrected chi connectivity index (χ4v) is 3.82. The molecule has 0 aromatic heterocycles. The Hall–Kier alpha value is -1.42. The maximum Gasteiger partial charge on any atom is 0.218 e. The number of hydrogen-bond donors (Lipinski definition) is 0. The molecule has 5 nitrogen and oxygen atoms in total. The molecule has 0 aliphatic rings. The van der Waals surface area contributed by atoms with Gasteiger partial charge in [-0.1, -0.05) is 19.1 Å². The fraction of sp³-hybridized carbons (Fsp3) is 0.533. The van der Waals surface area contributed by atoms with E-state index in [0.29, 0.717) is 24.3 Å². The minimum atomic E-state index is -3.41. The molecule has 6 heteroatoms. The Morgan fingerprint density at radius 1 is 1.33 bits per heavy atom. The second-order valence-corrected chi connectivity index (χ2v) is 6.85. The zero-order valence-corrected chi connectivity index (χ0v) is 13.6. The normalized spacial score (nSPS) is 13.1. The summed E-state index contributed by atoms with van der Waals surface area (Å²) >= 11 is 0. The lowest BCUT2D eigenvalue weighted by Crippen LogP contribution is -2.41. The quantitative estimate of drug-likeness (QED) is 0.737. The first-order valence-corrected chi connectivity index (χ1v) is 8.53. The van der Waals surface area contributed by atoms with Crippen molar-refractivity contribution in [3.63, 3.8) is 0 Å². The Morgan fingerprint density at radius 3 is 2.43 bits per heavy atom. The molecule has 1 aromatic rings. The summed E-state index contributed by atoms with van der Waals surface area (Å²) in [6.07, 6.45) is 0.746. The van der Waals surface area contributed by atoms with Crippen LogP contribution in [0, 0.1) is 11.3 Å². The summed E-state index contributed by atoms with van der Waals surface area (Å²) in [4.78, 5) is 0. The van der Waals surface area contributed by atoms with E-state index in [9.17, 15) is 8.42 Å². The van der Waals surface area contributed by atoms with E-state index < -0.39 is 10.0 Å². The van der Waals surface area contributed by atoms with Crippen molar-refractivity contribution in [3.8, 4) is 6.07 Å². The van der Waals surface area contributed by atoms with Crippen LogP contribution < -0.4 is 0 Å². The number of ether oxygens (including phenoxy) is 1. The summed E-state index contributed by atoms with van der Waals surface area (Å²) < 4.78 is 31.6. The molecule has 0 fully saturated rings. The summed E-state index contributed by atoms with van der Waals surface area (Å²) in [6, 6.07) is 8.58.